The van der Waals surface area contributed by atoms with E-state index in [2.05, 4.69) is 5.32 Å². The number of nitrogens with one attached hydrogen (secondary N) is 1. The number of carboxylic acid groups (broad SMARTS) is 1. The van der Waals surface area contributed by atoms with Crippen molar-refractivity contribution in [2.24, 2.45) is 0 Å². The molecule has 0 radical (unpaired) electrons. The fourth-order valence-electron chi connectivity index (χ4n) is 2.87. The second-order valence-corrected chi connectivity index (χ2v) is 7.89. The van der Waals surface area contributed by atoms with Gasteiger partial charge in [-0.2, -0.15) is 4.31 Å². The molecular weight excluding hydrogens is 332 g/mol. The van der Waals surface area contributed by atoms with Gasteiger partial charge in [-0.05, 0) is 37.0 Å². The number of carbonyl (C=O) groups excluding carboxylic acids is 1. The molecule has 1 aliphatic rings. The van der Waals surface area contributed by atoms with Gasteiger partial charge in [-0.1, -0.05) is 19.1 Å². The average molecular weight is 354 g/mol. The summed E-state index contributed by atoms with van der Waals surface area (Å²) >= 11 is 0. The largest absolute Gasteiger partial charge is 0.481 e. The van der Waals surface area contributed by atoms with E-state index >= 15 is 0 Å². The zero-order valence-corrected chi connectivity index (χ0v) is 14.4. The molecule has 8 heteroatoms. The SMILES string of the molecule is CCCS(=O)(=O)N1CCCC1C(=O)Nc1cccc(CC(=O)O)c1. The van der Waals surface area contributed by atoms with Gasteiger partial charge in [-0.25, -0.2) is 8.42 Å². The Hall–Kier alpha value is -1.93. The molecule has 1 aromatic carbocycles. The van der Waals surface area contributed by atoms with Gasteiger partial charge in [0.25, 0.3) is 0 Å². The van der Waals surface area contributed by atoms with Gasteiger partial charge >= 0.3 is 5.97 Å². The zero-order valence-electron chi connectivity index (χ0n) is 13.6. The molecular formula is C16H22N2O5S. The van der Waals surface area contributed by atoms with Crippen LogP contribution in [0, 0.1) is 0 Å². The Kier molecular flexibility index (Phi) is 5.95. The van der Waals surface area contributed by atoms with Gasteiger partial charge in [-0.3, -0.25) is 9.59 Å². The molecule has 24 heavy (non-hydrogen) atoms. The lowest BCUT2D eigenvalue weighted by Gasteiger charge is -2.23. The van der Waals surface area contributed by atoms with Crippen LogP contribution < -0.4 is 5.32 Å². The molecule has 0 spiro atoms. The number of amides is 1. The first-order valence-corrected chi connectivity index (χ1v) is 9.55. The molecule has 1 heterocycles. The van der Waals surface area contributed by atoms with Gasteiger partial charge in [0, 0.05) is 12.2 Å². The first-order valence-electron chi connectivity index (χ1n) is 7.94. The van der Waals surface area contributed by atoms with Crippen molar-refractivity contribution in [3.8, 4) is 0 Å². The third-order valence-electron chi connectivity index (χ3n) is 3.88. The van der Waals surface area contributed by atoms with Crippen LogP contribution in [0.25, 0.3) is 0 Å². The van der Waals surface area contributed by atoms with E-state index in [0.717, 1.165) is 0 Å². The van der Waals surface area contributed by atoms with E-state index in [1.165, 1.54) is 4.31 Å². The molecule has 132 valence electrons. The number of anilines is 1. The molecule has 0 aliphatic carbocycles. The van der Waals surface area contributed by atoms with Gasteiger partial charge in [0.2, 0.25) is 15.9 Å². The van der Waals surface area contributed by atoms with E-state index in [1.54, 1.807) is 31.2 Å². The lowest BCUT2D eigenvalue weighted by molar-refractivity contribution is -0.136. The van der Waals surface area contributed by atoms with Gasteiger partial charge in [0.1, 0.15) is 6.04 Å². The maximum atomic E-state index is 12.5. The van der Waals surface area contributed by atoms with Crippen molar-refractivity contribution in [3.05, 3.63) is 29.8 Å². The minimum Gasteiger partial charge on any atom is -0.481 e. The summed E-state index contributed by atoms with van der Waals surface area (Å²) in [5, 5.41) is 11.5. The summed E-state index contributed by atoms with van der Waals surface area (Å²) in [6.07, 6.45) is 1.51. The molecule has 1 aromatic rings. The van der Waals surface area contributed by atoms with Gasteiger partial charge in [-0.15, -0.1) is 0 Å². The third kappa shape index (κ3) is 4.55. The predicted molar refractivity (Wildman–Crippen MR) is 90.2 cm³/mol. The molecule has 1 amide bonds. The first kappa shape index (κ1) is 18.4. The van der Waals surface area contributed by atoms with E-state index in [1.807, 2.05) is 0 Å². The van der Waals surface area contributed by atoms with Crippen LogP contribution in [0.4, 0.5) is 5.69 Å². The number of hydrogen-bond acceptors (Lipinski definition) is 4. The highest BCUT2D eigenvalue weighted by atomic mass is 32.2. The molecule has 2 rings (SSSR count). The lowest BCUT2D eigenvalue weighted by Crippen LogP contribution is -2.44. The summed E-state index contributed by atoms with van der Waals surface area (Å²) in [5.74, 6) is -1.30. The Bertz CT molecular complexity index is 717. The maximum Gasteiger partial charge on any atom is 0.307 e. The monoisotopic (exact) mass is 354 g/mol. The maximum absolute atomic E-state index is 12.5. The Morgan fingerprint density at radius 2 is 2.12 bits per heavy atom. The number of sulfonamides is 1. The number of hydrogen-bond donors (Lipinski definition) is 2. The highest BCUT2D eigenvalue weighted by molar-refractivity contribution is 7.89. The number of carbonyl (C=O) groups is 2. The fraction of sp³-hybridized carbons (Fsp3) is 0.500. The van der Waals surface area contributed by atoms with Crippen LogP contribution in [0.2, 0.25) is 0 Å². The third-order valence-corrected chi connectivity index (χ3v) is 5.95. The van der Waals surface area contributed by atoms with Gasteiger partial charge in [0.15, 0.2) is 0 Å². The molecule has 1 aliphatic heterocycles. The quantitative estimate of drug-likeness (QED) is 0.771. The topological polar surface area (TPSA) is 104 Å². The highest BCUT2D eigenvalue weighted by Crippen LogP contribution is 2.23. The fourth-order valence-corrected chi connectivity index (χ4v) is 4.62. The van der Waals surface area contributed by atoms with Crippen molar-refractivity contribution in [2.45, 2.75) is 38.6 Å². The first-order chi connectivity index (χ1) is 11.3. The summed E-state index contributed by atoms with van der Waals surface area (Å²) in [6, 6.07) is 5.87. The molecule has 2 N–H and O–H groups in total. The van der Waals surface area contributed by atoms with Crippen molar-refractivity contribution in [2.75, 3.05) is 17.6 Å². The average Bonchev–Trinajstić information content (AvgIpc) is 2.97. The van der Waals surface area contributed by atoms with Gasteiger partial charge < -0.3 is 10.4 Å². The molecule has 0 aromatic heterocycles. The number of aliphatic carboxylic acids is 1. The number of benzene rings is 1. The number of carboxylic acids is 1. The van der Waals surface area contributed by atoms with E-state index in [0.29, 0.717) is 37.1 Å². The zero-order chi connectivity index (χ0) is 17.7. The van der Waals surface area contributed by atoms with E-state index in [-0.39, 0.29) is 18.1 Å². The summed E-state index contributed by atoms with van der Waals surface area (Å²) in [5.41, 5.74) is 1.04. The van der Waals surface area contributed by atoms with Crippen molar-refractivity contribution in [1.82, 2.24) is 4.31 Å². The number of rotatable bonds is 7. The summed E-state index contributed by atoms with van der Waals surface area (Å²) in [6.45, 7) is 2.15. The van der Waals surface area contributed by atoms with Crippen molar-refractivity contribution < 1.29 is 23.1 Å². The normalized spacial score (nSPS) is 18.5. The molecule has 1 atom stereocenters. The van der Waals surface area contributed by atoms with Crippen molar-refractivity contribution in [3.63, 3.8) is 0 Å². The second kappa shape index (κ2) is 7.76. The lowest BCUT2D eigenvalue weighted by atomic mass is 10.1. The Morgan fingerprint density at radius 1 is 1.38 bits per heavy atom. The van der Waals surface area contributed by atoms with Crippen molar-refractivity contribution >= 4 is 27.6 Å². The standard InChI is InChI=1S/C16H22N2O5S/c1-2-9-24(22,23)18-8-4-7-14(18)16(21)17-13-6-3-5-12(10-13)11-15(19)20/h3,5-6,10,14H,2,4,7-9,11H2,1H3,(H,17,21)(H,19,20). The Morgan fingerprint density at radius 3 is 2.79 bits per heavy atom. The van der Waals surface area contributed by atoms with E-state index in [9.17, 15) is 18.0 Å². The highest BCUT2D eigenvalue weighted by Gasteiger charge is 2.38. The Balaban J connectivity index is 2.10. The molecule has 1 unspecified atom stereocenters. The predicted octanol–water partition coefficient (Wildman–Crippen LogP) is 1.46. The van der Waals surface area contributed by atoms with Crippen LogP contribution in [0.5, 0.6) is 0 Å². The molecule has 1 saturated heterocycles. The number of nitrogens with zero attached hydrogens (tertiary/aromatic N) is 1. The van der Waals surface area contributed by atoms with E-state index < -0.39 is 22.0 Å². The van der Waals surface area contributed by atoms with Gasteiger partial charge in [0.05, 0.1) is 12.2 Å². The minimum absolute atomic E-state index is 0.0326. The molecule has 7 nitrogen and oxygen atoms in total. The minimum atomic E-state index is -3.43. The smallest absolute Gasteiger partial charge is 0.307 e. The summed E-state index contributed by atoms with van der Waals surface area (Å²) in [4.78, 5) is 23.2. The molecule has 1 fully saturated rings. The molecule has 0 bridgehead atoms. The molecule has 0 saturated carbocycles. The van der Waals surface area contributed by atoms with Crippen LogP contribution >= 0.6 is 0 Å². The van der Waals surface area contributed by atoms with Crippen LogP contribution in [0.3, 0.4) is 0 Å². The second-order valence-electron chi connectivity index (χ2n) is 5.84. The summed E-state index contributed by atoms with van der Waals surface area (Å²) in [7, 11) is -3.43. The van der Waals surface area contributed by atoms with E-state index in [4.69, 9.17) is 5.11 Å². The van der Waals surface area contributed by atoms with Crippen molar-refractivity contribution in [1.29, 1.82) is 0 Å². The van der Waals surface area contributed by atoms with Crippen LogP contribution in [0.1, 0.15) is 31.7 Å². The Labute approximate surface area is 141 Å². The van der Waals surface area contributed by atoms with Crippen LogP contribution in [0.15, 0.2) is 24.3 Å². The summed E-state index contributed by atoms with van der Waals surface area (Å²) < 4.78 is 25.8. The van der Waals surface area contributed by atoms with Crippen LogP contribution in [-0.4, -0.2) is 48.0 Å². The van der Waals surface area contributed by atoms with Crippen LogP contribution in [-0.2, 0) is 26.0 Å².